The summed E-state index contributed by atoms with van der Waals surface area (Å²) in [4.78, 5) is 13.9. The number of hydrogen-bond acceptors (Lipinski definition) is 3. The molecule has 138 valence electrons. The maximum absolute atomic E-state index is 12.7. The lowest BCUT2D eigenvalue weighted by atomic mass is 10.0. The molecular weight excluding hydrogens is 333 g/mol. The topological polar surface area (TPSA) is 41.6 Å². The number of carbonyl (C=O) groups excluding carboxylic acids is 1. The van der Waals surface area contributed by atoms with E-state index >= 15 is 0 Å². The van der Waals surface area contributed by atoms with E-state index in [-0.39, 0.29) is 18.3 Å². The lowest BCUT2D eigenvalue weighted by Crippen LogP contribution is -2.46. The van der Waals surface area contributed by atoms with Crippen LogP contribution in [0.2, 0.25) is 0 Å². The summed E-state index contributed by atoms with van der Waals surface area (Å²) in [6, 6.07) is 5.06. The van der Waals surface area contributed by atoms with Crippen molar-refractivity contribution in [3.05, 3.63) is 29.8 Å². The van der Waals surface area contributed by atoms with Crippen LogP contribution in [0.4, 0.5) is 13.2 Å². The van der Waals surface area contributed by atoms with Crippen LogP contribution in [0, 0.1) is 5.92 Å². The second kappa shape index (κ2) is 7.64. The van der Waals surface area contributed by atoms with Gasteiger partial charge in [0.25, 0.3) is 5.91 Å². The number of hydrogen-bond donors (Lipinski definition) is 1. The number of benzene rings is 1. The highest BCUT2D eigenvalue weighted by molar-refractivity contribution is 5.77. The van der Waals surface area contributed by atoms with Gasteiger partial charge in [0.05, 0.1) is 5.56 Å². The van der Waals surface area contributed by atoms with E-state index in [1.54, 1.807) is 4.90 Å². The summed E-state index contributed by atoms with van der Waals surface area (Å²) in [6.45, 7) is 2.15. The summed E-state index contributed by atoms with van der Waals surface area (Å²) in [6.07, 6.45) is 0.0250. The molecule has 0 aromatic heterocycles. The Labute approximate surface area is 145 Å². The first-order chi connectivity index (χ1) is 11.9. The van der Waals surface area contributed by atoms with Crippen LogP contribution in [0.25, 0.3) is 0 Å². The molecule has 1 saturated heterocycles. The molecule has 1 aliphatic heterocycles. The van der Waals surface area contributed by atoms with Crippen LogP contribution in [0.15, 0.2) is 24.3 Å². The second-order valence-corrected chi connectivity index (χ2v) is 6.82. The van der Waals surface area contributed by atoms with Crippen molar-refractivity contribution in [2.75, 3.05) is 26.2 Å². The summed E-state index contributed by atoms with van der Waals surface area (Å²) in [5.74, 6) is 0.711. The Hall–Kier alpha value is -1.76. The zero-order valence-corrected chi connectivity index (χ0v) is 14.0. The smallest absolute Gasteiger partial charge is 0.416 e. The number of alkyl halides is 3. The standard InChI is InChI=1S/C18H23F3N2O2/c19-18(20,21)14-2-1-3-16(10-14)25-12-17(24)23-8-6-15(7-9-23)22-11-13-4-5-13/h1-3,10,13,15,22H,4-9,11-12H2. The Morgan fingerprint density at radius 1 is 1.20 bits per heavy atom. The molecule has 3 rings (SSSR count). The fraction of sp³-hybridized carbons (Fsp3) is 0.611. The van der Waals surface area contributed by atoms with Gasteiger partial charge in [-0.2, -0.15) is 13.2 Å². The Bertz CT molecular complexity index is 594. The molecule has 1 N–H and O–H groups in total. The van der Waals surface area contributed by atoms with Gasteiger partial charge in [-0.3, -0.25) is 4.79 Å². The first-order valence-corrected chi connectivity index (χ1v) is 8.73. The molecule has 1 heterocycles. The van der Waals surface area contributed by atoms with Crippen LogP contribution >= 0.6 is 0 Å². The molecule has 1 aromatic rings. The van der Waals surface area contributed by atoms with Crippen molar-refractivity contribution in [2.24, 2.45) is 5.92 Å². The van der Waals surface area contributed by atoms with Gasteiger partial charge in [-0.05, 0) is 56.3 Å². The van der Waals surface area contributed by atoms with Crippen LogP contribution in [0.3, 0.4) is 0 Å². The first kappa shape index (κ1) is 18.0. The number of carbonyl (C=O) groups is 1. The fourth-order valence-electron chi connectivity index (χ4n) is 2.99. The van der Waals surface area contributed by atoms with Gasteiger partial charge in [0.1, 0.15) is 5.75 Å². The summed E-state index contributed by atoms with van der Waals surface area (Å²) in [5, 5.41) is 3.55. The number of nitrogens with one attached hydrogen (secondary N) is 1. The summed E-state index contributed by atoms with van der Waals surface area (Å²) in [7, 11) is 0. The molecule has 0 radical (unpaired) electrons. The zero-order chi connectivity index (χ0) is 17.9. The van der Waals surface area contributed by atoms with E-state index < -0.39 is 11.7 Å². The Kier molecular flexibility index (Phi) is 5.51. The number of piperidine rings is 1. The van der Waals surface area contributed by atoms with Gasteiger partial charge in [-0.1, -0.05) is 6.07 Å². The van der Waals surface area contributed by atoms with Crippen molar-refractivity contribution >= 4 is 5.91 Å². The lowest BCUT2D eigenvalue weighted by molar-refractivity contribution is -0.137. The zero-order valence-electron chi connectivity index (χ0n) is 14.0. The molecule has 4 nitrogen and oxygen atoms in total. The lowest BCUT2D eigenvalue weighted by Gasteiger charge is -2.32. The highest BCUT2D eigenvalue weighted by Gasteiger charge is 2.31. The molecule has 7 heteroatoms. The Morgan fingerprint density at radius 3 is 2.56 bits per heavy atom. The fourth-order valence-corrected chi connectivity index (χ4v) is 2.99. The highest BCUT2D eigenvalue weighted by Crippen LogP contribution is 2.31. The summed E-state index contributed by atoms with van der Waals surface area (Å²) < 4.78 is 43.3. The number of likely N-dealkylation sites (tertiary alicyclic amines) is 1. The maximum Gasteiger partial charge on any atom is 0.416 e. The third kappa shape index (κ3) is 5.36. The van der Waals surface area contributed by atoms with Crippen LogP contribution < -0.4 is 10.1 Å². The Balaban J connectivity index is 1.42. The minimum Gasteiger partial charge on any atom is -0.484 e. The van der Waals surface area contributed by atoms with Crippen molar-refractivity contribution in [1.29, 1.82) is 0 Å². The number of rotatable bonds is 6. The molecule has 0 spiro atoms. The predicted molar refractivity (Wildman–Crippen MR) is 87.3 cm³/mol. The SMILES string of the molecule is O=C(COc1cccc(C(F)(F)F)c1)N1CCC(NCC2CC2)CC1. The van der Waals surface area contributed by atoms with Crippen molar-refractivity contribution in [3.63, 3.8) is 0 Å². The Morgan fingerprint density at radius 2 is 1.92 bits per heavy atom. The van der Waals surface area contributed by atoms with Gasteiger partial charge in [0.2, 0.25) is 0 Å². The highest BCUT2D eigenvalue weighted by atomic mass is 19.4. The van der Waals surface area contributed by atoms with Gasteiger partial charge in [-0.15, -0.1) is 0 Å². The van der Waals surface area contributed by atoms with Crippen LogP contribution in [0.5, 0.6) is 5.75 Å². The van der Waals surface area contributed by atoms with Crippen LogP contribution in [-0.2, 0) is 11.0 Å². The molecule has 0 bridgehead atoms. The number of amides is 1. The van der Waals surface area contributed by atoms with Gasteiger partial charge in [0, 0.05) is 19.1 Å². The molecule has 1 amide bonds. The van der Waals surface area contributed by atoms with Crippen LogP contribution in [0.1, 0.15) is 31.2 Å². The molecule has 25 heavy (non-hydrogen) atoms. The molecule has 1 aliphatic carbocycles. The van der Waals surface area contributed by atoms with E-state index in [0.717, 1.165) is 37.4 Å². The molecule has 2 aliphatic rings. The molecule has 2 fully saturated rings. The second-order valence-electron chi connectivity index (χ2n) is 6.82. The number of nitrogens with zero attached hydrogens (tertiary/aromatic N) is 1. The number of ether oxygens (including phenoxy) is 1. The van der Waals surface area contributed by atoms with Crippen molar-refractivity contribution < 1.29 is 22.7 Å². The third-order valence-corrected chi connectivity index (χ3v) is 4.76. The van der Waals surface area contributed by atoms with E-state index in [9.17, 15) is 18.0 Å². The van der Waals surface area contributed by atoms with Gasteiger partial charge >= 0.3 is 6.18 Å². The average molecular weight is 356 g/mol. The molecule has 0 unspecified atom stereocenters. The van der Waals surface area contributed by atoms with E-state index in [1.807, 2.05) is 0 Å². The van der Waals surface area contributed by atoms with Gasteiger partial charge < -0.3 is 15.0 Å². The minimum absolute atomic E-state index is 0.0594. The third-order valence-electron chi connectivity index (χ3n) is 4.76. The summed E-state index contributed by atoms with van der Waals surface area (Å²) in [5.41, 5.74) is -0.778. The van der Waals surface area contributed by atoms with Crippen molar-refractivity contribution in [3.8, 4) is 5.75 Å². The van der Waals surface area contributed by atoms with E-state index in [1.165, 1.54) is 25.0 Å². The van der Waals surface area contributed by atoms with Crippen LogP contribution in [-0.4, -0.2) is 43.1 Å². The largest absolute Gasteiger partial charge is 0.484 e. The minimum atomic E-state index is -4.42. The van der Waals surface area contributed by atoms with Crippen molar-refractivity contribution in [2.45, 2.75) is 37.9 Å². The molecule has 0 atom stereocenters. The molecule has 1 aromatic carbocycles. The monoisotopic (exact) mass is 356 g/mol. The average Bonchev–Trinajstić information content (AvgIpc) is 3.42. The maximum atomic E-state index is 12.7. The van der Waals surface area contributed by atoms with E-state index in [2.05, 4.69) is 5.32 Å². The molecule has 1 saturated carbocycles. The van der Waals surface area contributed by atoms with Gasteiger partial charge in [-0.25, -0.2) is 0 Å². The van der Waals surface area contributed by atoms with E-state index in [0.29, 0.717) is 19.1 Å². The normalized spacial score (nSPS) is 19.1. The quantitative estimate of drug-likeness (QED) is 0.852. The summed E-state index contributed by atoms with van der Waals surface area (Å²) >= 11 is 0. The van der Waals surface area contributed by atoms with Gasteiger partial charge in [0.15, 0.2) is 6.61 Å². The predicted octanol–water partition coefficient (Wildman–Crippen LogP) is 3.07. The van der Waals surface area contributed by atoms with E-state index in [4.69, 9.17) is 4.74 Å². The van der Waals surface area contributed by atoms with Crippen molar-refractivity contribution in [1.82, 2.24) is 10.2 Å². The number of halogens is 3. The molecular formula is C18H23F3N2O2. The first-order valence-electron chi connectivity index (χ1n) is 8.73.